The second-order valence-corrected chi connectivity index (χ2v) is 5.82. The number of aromatic nitrogens is 2. The maximum absolute atomic E-state index is 12.4. The topological polar surface area (TPSA) is 67.2 Å². The number of hydrogen-bond donors (Lipinski definition) is 1. The lowest BCUT2D eigenvalue weighted by Gasteiger charge is -2.38. The van der Waals surface area contributed by atoms with Crippen molar-refractivity contribution in [3.8, 4) is 0 Å². The average Bonchev–Trinajstić information content (AvgIpc) is 2.76. The summed E-state index contributed by atoms with van der Waals surface area (Å²) < 4.78 is 1.70. The molecule has 1 aliphatic heterocycles. The molecule has 1 saturated heterocycles. The van der Waals surface area contributed by atoms with E-state index in [0.29, 0.717) is 18.9 Å². The van der Waals surface area contributed by atoms with Gasteiger partial charge in [-0.25, -0.2) is 0 Å². The number of piperazine rings is 1. The number of hydrogen-bond acceptors (Lipinski definition) is 3. The molecule has 2 heterocycles. The van der Waals surface area contributed by atoms with Crippen LogP contribution in [-0.4, -0.2) is 38.6 Å². The number of carbonyl (C=O) groups excluding carboxylic acids is 2. The molecule has 1 fully saturated rings. The standard InChI is InChI=1S/C14H22N4O2/c1-9(2)7-12-13(19)15-10(3)14(20)18(12)8-11-5-6-17(4)16-11/h5-6,9-10,12H,7-8H2,1-4H3,(H,15,19). The Hall–Kier alpha value is -1.85. The van der Waals surface area contributed by atoms with Crippen LogP contribution in [0.3, 0.4) is 0 Å². The van der Waals surface area contributed by atoms with Crippen LogP contribution in [0.25, 0.3) is 0 Å². The molecule has 0 bridgehead atoms. The lowest BCUT2D eigenvalue weighted by Crippen LogP contribution is -2.62. The first kappa shape index (κ1) is 14.6. The quantitative estimate of drug-likeness (QED) is 0.881. The Morgan fingerprint density at radius 3 is 2.65 bits per heavy atom. The highest BCUT2D eigenvalue weighted by molar-refractivity contribution is 5.96. The summed E-state index contributed by atoms with van der Waals surface area (Å²) in [5, 5.41) is 7.04. The van der Waals surface area contributed by atoms with E-state index in [-0.39, 0.29) is 11.8 Å². The van der Waals surface area contributed by atoms with E-state index in [4.69, 9.17) is 0 Å². The van der Waals surface area contributed by atoms with Crippen LogP contribution >= 0.6 is 0 Å². The van der Waals surface area contributed by atoms with Gasteiger partial charge in [0.15, 0.2) is 0 Å². The van der Waals surface area contributed by atoms with Gasteiger partial charge in [0.05, 0.1) is 12.2 Å². The van der Waals surface area contributed by atoms with E-state index in [1.165, 1.54) is 0 Å². The number of amides is 2. The van der Waals surface area contributed by atoms with Crippen LogP contribution in [-0.2, 0) is 23.2 Å². The van der Waals surface area contributed by atoms with E-state index in [1.54, 1.807) is 16.5 Å². The first-order chi connectivity index (χ1) is 9.38. The van der Waals surface area contributed by atoms with Crippen LogP contribution in [0.2, 0.25) is 0 Å². The van der Waals surface area contributed by atoms with Gasteiger partial charge in [0, 0.05) is 13.2 Å². The summed E-state index contributed by atoms with van der Waals surface area (Å²) in [5.74, 6) is 0.237. The van der Waals surface area contributed by atoms with Gasteiger partial charge in [0.25, 0.3) is 0 Å². The minimum atomic E-state index is -0.463. The van der Waals surface area contributed by atoms with Crippen molar-refractivity contribution in [3.05, 3.63) is 18.0 Å². The highest BCUT2D eigenvalue weighted by atomic mass is 16.2. The largest absolute Gasteiger partial charge is 0.343 e. The minimum absolute atomic E-state index is 0.0408. The molecule has 0 radical (unpaired) electrons. The molecule has 1 N–H and O–H groups in total. The van der Waals surface area contributed by atoms with Crippen LogP contribution in [0, 0.1) is 5.92 Å². The van der Waals surface area contributed by atoms with Gasteiger partial charge in [0.1, 0.15) is 12.1 Å². The van der Waals surface area contributed by atoms with Crippen LogP contribution in [0.1, 0.15) is 32.9 Å². The third-order valence-electron chi connectivity index (χ3n) is 3.49. The van der Waals surface area contributed by atoms with Crippen molar-refractivity contribution in [3.63, 3.8) is 0 Å². The molecule has 2 amide bonds. The molecule has 2 unspecified atom stereocenters. The number of carbonyl (C=O) groups is 2. The number of rotatable bonds is 4. The molecular formula is C14H22N4O2. The Balaban J connectivity index is 2.22. The van der Waals surface area contributed by atoms with Crippen molar-refractivity contribution >= 4 is 11.8 Å². The summed E-state index contributed by atoms with van der Waals surface area (Å²) in [5.41, 5.74) is 0.802. The van der Waals surface area contributed by atoms with E-state index < -0.39 is 12.1 Å². The molecule has 0 aliphatic carbocycles. The molecule has 0 aromatic carbocycles. The number of aryl methyl sites for hydroxylation is 1. The molecule has 6 heteroatoms. The fraction of sp³-hybridized carbons (Fsp3) is 0.643. The van der Waals surface area contributed by atoms with Gasteiger partial charge in [-0.3, -0.25) is 14.3 Å². The van der Waals surface area contributed by atoms with Crippen molar-refractivity contribution in [2.75, 3.05) is 0 Å². The van der Waals surface area contributed by atoms with E-state index in [1.807, 2.05) is 19.3 Å². The molecule has 110 valence electrons. The molecule has 6 nitrogen and oxygen atoms in total. The summed E-state index contributed by atoms with van der Waals surface area (Å²) >= 11 is 0. The predicted molar refractivity (Wildman–Crippen MR) is 74.6 cm³/mol. The molecule has 1 aromatic rings. The van der Waals surface area contributed by atoms with Gasteiger partial charge in [-0.1, -0.05) is 13.8 Å². The van der Waals surface area contributed by atoms with E-state index in [2.05, 4.69) is 24.3 Å². The van der Waals surface area contributed by atoms with E-state index >= 15 is 0 Å². The van der Waals surface area contributed by atoms with Gasteiger partial charge in [-0.2, -0.15) is 5.10 Å². The van der Waals surface area contributed by atoms with Crippen LogP contribution in [0.15, 0.2) is 12.3 Å². The maximum atomic E-state index is 12.4. The Kier molecular flexibility index (Phi) is 4.11. The van der Waals surface area contributed by atoms with Gasteiger partial charge in [-0.05, 0) is 25.3 Å². The zero-order valence-corrected chi connectivity index (χ0v) is 12.5. The Bertz CT molecular complexity index is 509. The summed E-state index contributed by atoms with van der Waals surface area (Å²) in [4.78, 5) is 26.2. The second-order valence-electron chi connectivity index (χ2n) is 5.82. The molecule has 2 atom stereocenters. The first-order valence-electron chi connectivity index (χ1n) is 6.98. The van der Waals surface area contributed by atoms with Crippen molar-refractivity contribution in [1.29, 1.82) is 0 Å². The van der Waals surface area contributed by atoms with E-state index in [9.17, 15) is 9.59 Å². The fourth-order valence-corrected chi connectivity index (χ4v) is 2.51. The molecule has 0 spiro atoms. The Morgan fingerprint density at radius 2 is 2.10 bits per heavy atom. The number of nitrogens with one attached hydrogen (secondary N) is 1. The minimum Gasteiger partial charge on any atom is -0.343 e. The molecule has 1 aliphatic rings. The first-order valence-corrected chi connectivity index (χ1v) is 6.98. The predicted octanol–water partition coefficient (Wildman–Crippen LogP) is 0.682. The van der Waals surface area contributed by atoms with Crippen LogP contribution < -0.4 is 5.32 Å². The smallest absolute Gasteiger partial charge is 0.245 e. The molecule has 0 saturated carbocycles. The molecule has 20 heavy (non-hydrogen) atoms. The summed E-state index contributed by atoms with van der Waals surface area (Å²) in [6.07, 6.45) is 2.50. The lowest BCUT2D eigenvalue weighted by molar-refractivity contribution is -0.150. The highest BCUT2D eigenvalue weighted by Crippen LogP contribution is 2.19. The van der Waals surface area contributed by atoms with Gasteiger partial charge in [-0.15, -0.1) is 0 Å². The van der Waals surface area contributed by atoms with Gasteiger partial charge in [0.2, 0.25) is 11.8 Å². The van der Waals surface area contributed by atoms with Crippen molar-refractivity contribution in [2.24, 2.45) is 13.0 Å². The van der Waals surface area contributed by atoms with Gasteiger partial charge >= 0.3 is 0 Å². The van der Waals surface area contributed by atoms with Crippen LogP contribution in [0.4, 0.5) is 0 Å². The third kappa shape index (κ3) is 3.00. The molecular weight excluding hydrogens is 256 g/mol. The number of nitrogens with zero attached hydrogens (tertiary/aromatic N) is 3. The normalized spacial score (nSPS) is 23.4. The molecule has 1 aromatic heterocycles. The lowest BCUT2D eigenvalue weighted by atomic mass is 9.98. The van der Waals surface area contributed by atoms with Crippen LogP contribution in [0.5, 0.6) is 0 Å². The van der Waals surface area contributed by atoms with Gasteiger partial charge < -0.3 is 10.2 Å². The monoisotopic (exact) mass is 278 g/mol. The fourth-order valence-electron chi connectivity index (χ4n) is 2.51. The summed E-state index contributed by atoms with van der Waals surface area (Å²) in [7, 11) is 1.84. The van der Waals surface area contributed by atoms with Crippen molar-refractivity contribution < 1.29 is 9.59 Å². The molecule has 2 rings (SSSR count). The third-order valence-corrected chi connectivity index (χ3v) is 3.49. The SMILES string of the molecule is CC(C)CC1C(=O)NC(C)C(=O)N1Cc1ccn(C)n1. The zero-order chi connectivity index (χ0) is 14.9. The average molecular weight is 278 g/mol. The van der Waals surface area contributed by atoms with E-state index in [0.717, 1.165) is 5.69 Å². The van der Waals surface area contributed by atoms with Crippen molar-refractivity contribution in [2.45, 2.75) is 45.8 Å². The Labute approximate surface area is 119 Å². The summed E-state index contributed by atoms with van der Waals surface area (Å²) in [6.45, 7) is 6.20. The highest BCUT2D eigenvalue weighted by Gasteiger charge is 2.38. The van der Waals surface area contributed by atoms with Crippen molar-refractivity contribution in [1.82, 2.24) is 20.0 Å². The summed E-state index contributed by atoms with van der Waals surface area (Å²) in [6, 6.07) is 1.01. The second kappa shape index (κ2) is 5.64. The Morgan fingerprint density at radius 1 is 1.40 bits per heavy atom. The zero-order valence-electron chi connectivity index (χ0n) is 12.5. The maximum Gasteiger partial charge on any atom is 0.245 e.